The highest BCUT2D eigenvalue weighted by Gasteiger charge is 2.30. The summed E-state index contributed by atoms with van der Waals surface area (Å²) in [5.74, 6) is 1.06. The Morgan fingerprint density at radius 3 is 2.30 bits per heavy atom. The standard InChI is InChI=1S/C19H13F3N2O3/c1-25-12-7-8-13-14(9-12)27-16-15(13)23-17(24-18(16)26-2)10-3-5-11(6-4-10)19(20,21)22/h3-9H,1-2H3. The minimum absolute atomic E-state index is 0.199. The smallest absolute Gasteiger partial charge is 0.416 e. The van der Waals surface area contributed by atoms with Gasteiger partial charge in [-0.25, -0.2) is 4.98 Å². The van der Waals surface area contributed by atoms with E-state index < -0.39 is 11.7 Å². The molecule has 0 spiro atoms. The first-order valence-electron chi connectivity index (χ1n) is 7.90. The number of ether oxygens (including phenoxy) is 2. The van der Waals surface area contributed by atoms with Crippen LogP contribution < -0.4 is 9.47 Å². The lowest BCUT2D eigenvalue weighted by Crippen LogP contribution is -2.04. The zero-order chi connectivity index (χ0) is 19.2. The van der Waals surface area contributed by atoms with E-state index in [1.165, 1.54) is 19.2 Å². The molecule has 138 valence electrons. The van der Waals surface area contributed by atoms with Gasteiger partial charge in [-0.1, -0.05) is 12.1 Å². The van der Waals surface area contributed by atoms with Gasteiger partial charge in [0.15, 0.2) is 5.82 Å². The largest absolute Gasteiger partial charge is 0.497 e. The maximum Gasteiger partial charge on any atom is 0.416 e. The molecule has 0 bridgehead atoms. The van der Waals surface area contributed by atoms with Gasteiger partial charge in [0.25, 0.3) is 5.88 Å². The first kappa shape index (κ1) is 17.1. The molecule has 0 saturated carbocycles. The van der Waals surface area contributed by atoms with E-state index in [0.29, 0.717) is 28.0 Å². The topological polar surface area (TPSA) is 57.4 Å². The van der Waals surface area contributed by atoms with Crippen molar-refractivity contribution in [1.29, 1.82) is 0 Å². The van der Waals surface area contributed by atoms with E-state index in [9.17, 15) is 13.2 Å². The van der Waals surface area contributed by atoms with Crippen molar-refractivity contribution in [2.75, 3.05) is 14.2 Å². The fraction of sp³-hybridized carbons (Fsp3) is 0.158. The molecule has 0 radical (unpaired) electrons. The lowest BCUT2D eigenvalue weighted by Gasteiger charge is -2.08. The summed E-state index contributed by atoms with van der Waals surface area (Å²) in [6.07, 6.45) is -4.40. The lowest BCUT2D eigenvalue weighted by molar-refractivity contribution is -0.137. The quantitative estimate of drug-likeness (QED) is 0.501. The fourth-order valence-electron chi connectivity index (χ4n) is 2.80. The Morgan fingerprint density at radius 2 is 1.67 bits per heavy atom. The number of fused-ring (bicyclic) bond motifs is 3. The number of hydrogen-bond donors (Lipinski definition) is 0. The Labute approximate surface area is 151 Å². The predicted octanol–water partition coefficient (Wildman–Crippen LogP) is 5.08. The van der Waals surface area contributed by atoms with Crippen LogP contribution in [0.2, 0.25) is 0 Å². The highest BCUT2D eigenvalue weighted by molar-refractivity contribution is 6.04. The van der Waals surface area contributed by atoms with Gasteiger partial charge >= 0.3 is 6.18 Å². The molecule has 2 aromatic carbocycles. The molecule has 5 nitrogen and oxygen atoms in total. The number of furan rings is 1. The van der Waals surface area contributed by atoms with Crippen LogP contribution in [0.15, 0.2) is 46.9 Å². The van der Waals surface area contributed by atoms with Gasteiger partial charge in [-0.2, -0.15) is 18.2 Å². The highest BCUT2D eigenvalue weighted by Crippen LogP contribution is 2.36. The van der Waals surface area contributed by atoms with E-state index >= 15 is 0 Å². The van der Waals surface area contributed by atoms with Crippen LogP contribution in [0.4, 0.5) is 13.2 Å². The molecule has 4 aromatic rings. The van der Waals surface area contributed by atoms with E-state index in [4.69, 9.17) is 13.9 Å². The summed E-state index contributed by atoms with van der Waals surface area (Å²) < 4.78 is 54.6. The van der Waals surface area contributed by atoms with Crippen molar-refractivity contribution in [3.63, 3.8) is 0 Å². The van der Waals surface area contributed by atoms with Gasteiger partial charge in [0.05, 0.1) is 19.8 Å². The molecular weight excluding hydrogens is 361 g/mol. The number of hydrogen-bond acceptors (Lipinski definition) is 5. The van der Waals surface area contributed by atoms with Gasteiger partial charge in [-0.05, 0) is 24.3 Å². The summed E-state index contributed by atoms with van der Waals surface area (Å²) in [5, 5.41) is 0.722. The molecule has 8 heteroatoms. The maximum absolute atomic E-state index is 12.8. The molecular formula is C19H13F3N2O3. The third kappa shape index (κ3) is 2.92. The van der Waals surface area contributed by atoms with E-state index in [2.05, 4.69) is 9.97 Å². The van der Waals surface area contributed by atoms with E-state index in [1.54, 1.807) is 25.3 Å². The van der Waals surface area contributed by atoms with Crippen LogP contribution in [0.5, 0.6) is 11.6 Å². The average molecular weight is 374 g/mol. The second-order valence-electron chi connectivity index (χ2n) is 5.77. The third-order valence-electron chi connectivity index (χ3n) is 4.15. The zero-order valence-electron chi connectivity index (χ0n) is 14.3. The number of aromatic nitrogens is 2. The van der Waals surface area contributed by atoms with Crippen molar-refractivity contribution in [2.45, 2.75) is 6.18 Å². The number of benzene rings is 2. The molecule has 2 aromatic heterocycles. The molecule has 0 aliphatic carbocycles. The summed E-state index contributed by atoms with van der Waals surface area (Å²) in [5.41, 5.74) is 1.11. The normalized spacial score (nSPS) is 11.9. The zero-order valence-corrected chi connectivity index (χ0v) is 14.3. The minimum Gasteiger partial charge on any atom is -0.497 e. The van der Waals surface area contributed by atoms with Gasteiger partial charge in [0.2, 0.25) is 5.58 Å². The summed E-state index contributed by atoms with van der Waals surface area (Å²) in [6.45, 7) is 0. The third-order valence-corrected chi connectivity index (χ3v) is 4.15. The Kier molecular flexibility index (Phi) is 3.91. The van der Waals surface area contributed by atoms with Crippen LogP contribution in [0, 0.1) is 0 Å². The van der Waals surface area contributed by atoms with Crippen LogP contribution in [-0.2, 0) is 6.18 Å². The summed E-state index contributed by atoms with van der Waals surface area (Å²) in [4.78, 5) is 8.76. The van der Waals surface area contributed by atoms with Crippen molar-refractivity contribution in [1.82, 2.24) is 9.97 Å². The summed E-state index contributed by atoms with van der Waals surface area (Å²) in [7, 11) is 2.99. The number of halogens is 3. The molecule has 0 N–H and O–H groups in total. The van der Waals surface area contributed by atoms with Crippen LogP contribution in [0.25, 0.3) is 33.5 Å². The van der Waals surface area contributed by atoms with Gasteiger partial charge in [-0.15, -0.1) is 0 Å². The molecule has 27 heavy (non-hydrogen) atoms. The van der Waals surface area contributed by atoms with Crippen molar-refractivity contribution < 1.29 is 27.1 Å². The average Bonchev–Trinajstić information content (AvgIpc) is 3.04. The molecule has 0 saturated heterocycles. The van der Waals surface area contributed by atoms with Gasteiger partial charge < -0.3 is 13.9 Å². The molecule has 0 unspecified atom stereocenters. The van der Waals surface area contributed by atoms with Crippen molar-refractivity contribution >= 4 is 22.1 Å². The van der Waals surface area contributed by atoms with E-state index in [1.807, 2.05) is 0 Å². The Morgan fingerprint density at radius 1 is 0.926 bits per heavy atom. The molecule has 4 rings (SSSR count). The van der Waals surface area contributed by atoms with Crippen molar-refractivity contribution in [3.05, 3.63) is 48.0 Å². The Bertz CT molecular complexity index is 1140. The van der Waals surface area contributed by atoms with Crippen molar-refractivity contribution in [2.24, 2.45) is 0 Å². The van der Waals surface area contributed by atoms with Gasteiger partial charge in [0.1, 0.15) is 16.8 Å². The molecule has 0 fully saturated rings. The van der Waals surface area contributed by atoms with Crippen molar-refractivity contribution in [3.8, 4) is 23.0 Å². The molecule has 0 aliphatic heterocycles. The van der Waals surface area contributed by atoms with Crippen LogP contribution >= 0.6 is 0 Å². The first-order valence-corrected chi connectivity index (χ1v) is 7.90. The monoisotopic (exact) mass is 374 g/mol. The van der Waals surface area contributed by atoms with Gasteiger partial charge in [0, 0.05) is 17.0 Å². The first-order chi connectivity index (χ1) is 12.9. The predicted molar refractivity (Wildman–Crippen MR) is 92.9 cm³/mol. The van der Waals surface area contributed by atoms with Crippen LogP contribution in [0.3, 0.4) is 0 Å². The molecule has 2 heterocycles. The maximum atomic E-state index is 12.8. The summed E-state index contributed by atoms with van der Waals surface area (Å²) in [6, 6.07) is 9.92. The summed E-state index contributed by atoms with van der Waals surface area (Å²) >= 11 is 0. The molecule has 0 amide bonds. The second-order valence-corrected chi connectivity index (χ2v) is 5.77. The molecule has 0 aliphatic rings. The Hall–Kier alpha value is -3.29. The van der Waals surface area contributed by atoms with E-state index in [0.717, 1.165) is 17.5 Å². The van der Waals surface area contributed by atoms with E-state index in [-0.39, 0.29) is 11.7 Å². The minimum atomic E-state index is -4.40. The molecule has 0 atom stereocenters. The van der Waals surface area contributed by atoms with Crippen LogP contribution in [0.1, 0.15) is 5.56 Å². The highest BCUT2D eigenvalue weighted by atomic mass is 19.4. The van der Waals surface area contributed by atoms with Crippen LogP contribution in [-0.4, -0.2) is 24.2 Å². The Balaban J connectivity index is 1.90. The SMILES string of the molecule is COc1ccc2c(c1)oc1c(OC)nc(-c3ccc(C(F)(F)F)cc3)nc12. The lowest BCUT2D eigenvalue weighted by atomic mass is 10.1. The van der Waals surface area contributed by atoms with Gasteiger partial charge in [-0.3, -0.25) is 0 Å². The number of rotatable bonds is 3. The number of methoxy groups -OCH3 is 2. The number of alkyl halides is 3. The fourth-order valence-corrected chi connectivity index (χ4v) is 2.80. The second kappa shape index (κ2) is 6.15. The number of nitrogens with zero attached hydrogens (tertiary/aromatic N) is 2.